The minimum Gasteiger partial charge on any atom is -0.312 e. The fourth-order valence-electron chi connectivity index (χ4n) is 9.73. The van der Waals surface area contributed by atoms with Crippen LogP contribution in [-0.4, -0.2) is 9.13 Å². The molecule has 0 amide bonds. The maximum Gasteiger partial charge on any atom is 0.0616 e. The largest absolute Gasteiger partial charge is 0.312 e. The number of hydrogen-bond acceptors (Lipinski definition) is 0. The number of para-hydroxylation sites is 1. The van der Waals surface area contributed by atoms with E-state index < -0.39 is 0 Å². The lowest BCUT2D eigenvalue weighted by atomic mass is 9.96. The summed E-state index contributed by atoms with van der Waals surface area (Å²) in [5.41, 5.74) is 23.7. The quantitative estimate of drug-likeness (QED) is 0.152. The molecule has 56 heavy (non-hydrogen) atoms. The third-order valence-electron chi connectivity index (χ3n) is 12.5. The number of fused-ring (bicyclic) bond motifs is 8. The molecule has 0 saturated heterocycles. The second kappa shape index (κ2) is 12.3. The van der Waals surface area contributed by atoms with Crippen molar-refractivity contribution in [3.63, 3.8) is 0 Å². The first-order valence-electron chi connectivity index (χ1n) is 20.0. The van der Waals surface area contributed by atoms with Gasteiger partial charge in [0.05, 0.1) is 11.0 Å². The van der Waals surface area contributed by atoms with Crippen molar-refractivity contribution in [3.8, 4) is 44.8 Å². The van der Waals surface area contributed by atoms with Crippen molar-refractivity contribution >= 4 is 39.5 Å². The van der Waals surface area contributed by atoms with Crippen LogP contribution in [-0.2, 0) is 6.42 Å². The molecule has 0 bridgehead atoms. The highest BCUT2D eigenvalue weighted by molar-refractivity contribution is 6.04. The Morgan fingerprint density at radius 1 is 0.589 bits per heavy atom. The number of aryl methyl sites for hydroxylation is 1. The summed E-state index contributed by atoms with van der Waals surface area (Å²) in [5.74, 6) is 1.20. The summed E-state index contributed by atoms with van der Waals surface area (Å²) in [6, 6.07) is 51.9. The zero-order chi connectivity index (χ0) is 36.7. The second-order valence-corrected chi connectivity index (χ2v) is 15.7. The van der Waals surface area contributed by atoms with Crippen LogP contribution in [0.1, 0.15) is 46.8 Å². The van der Waals surface area contributed by atoms with Crippen LogP contribution >= 0.6 is 0 Å². The summed E-state index contributed by atoms with van der Waals surface area (Å²) in [7, 11) is 0. The fourth-order valence-corrected chi connectivity index (χ4v) is 9.73. The number of aromatic nitrogens is 2. The van der Waals surface area contributed by atoms with Gasteiger partial charge in [-0.2, -0.15) is 0 Å². The minimum atomic E-state index is 0.564. The Bertz CT molecular complexity index is 3080. The molecule has 2 aromatic heterocycles. The Kier molecular flexibility index (Phi) is 6.93. The van der Waals surface area contributed by atoms with Crippen molar-refractivity contribution < 1.29 is 0 Å². The normalized spacial score (nSPS) is 17.3. The molecule has 0 spiro atoms. The molecule has 4 aliphatic carbocycles. The molecule has 0 aliphatic heterocycles. The smallest absolute Gasteiger partial charge is 0.0616 e. The van der Waals surface area contributed by atoms with Crippen LogP contribution in [0.15, 0.2) is 176 Å². The number of nitrogens with zero attached hydrogens (tertiary/aromatic N) is 2. The van der Waals surface area contributed by atoms with E-state index in [4.69, 9.17) is 0 Å². The van der Waals surface area contributed by atoms with Gasteiger partial charge in [-0.25, -0.2) is 0 Å². The molecule has 12 rings (SSSR count). The van der Waals surface area contributed by atoms with Gasteiger partial charge < -0.3 is 9.13 Å². The van der Waals surface area contributed by atoms with Gasteiger partial charge in [-0.05, 0) is 136 Å². The van der Waals surface area contributed by atoms with Crippen LogP contribution in [0.3, 0.4) is 0 Å². The van der Waals surface area contributed by atoms with Crippen molar-refractivity contribution in [1.82, 2.24) is 9.13 Å². The molecule has 2 heterocycles. The van der Waals surface area contributed by atoms with Crippen LogP contribution in [0.25, 0.3) is 84.3 Å². The van der Waals surface area contributed by atoms with Gasteiger partial charge in [0.25, 0.3) is 0 Å². The van der Waals surface area contributed by atoms with E-state index >= 15 is 0 Å². The summed E-state index contributed by atoms with van der Waals surface area (Å²) in [4.78, 5) is 0. The summed E-state index contributed by atoms with van der Waals surface area (Å²) in [6.45, 7) is 0. The first-order chi connectivity index (χ1) is 27.8. The van der Waals surface area contributed by atoms with E-state index in [0.717, 1.165) is 12.8 Å². The molecule has 0 N–H and O–H groups in total. The van der Waals surface area contributed by atoms with Gasteiger partial charge >= 0.3 is 0 Å². The lowest BCUT2D eigenvalue weighted by Crippen LogP contribution is -2.03. The Balaban J connectivity index is 1.07. The molecule has 8 aromatic rings. The molecule has 2 heteroatoms. The van der Waals surface area contributed by atoms with Gasteiger partial charge in [-0.1, -0.05) is 115 Å². The van der Waals surface area contributed by atoms with Crippen LogP contribution in [0.4, 0.5) is 0 Å². The van der Waals surface area contributed by atoms with E-state index in [1.54, 1.807) is 0 Å². The topological polar surface area (TPSA) is 9.86 Å². The zero-order valence-electron chi connectivity index (χ0n) is 31.0. The molecule has 0 radical (unpaired) electrons. The Morgan fingerprint density at radius 3 is 2.21 bits per heavy atom. The fraction of sp³-hybridized carbons (Fsp3) is 0.0926. The molecule has 2 atom stereocenters. The highest BCUT2D eigenvalue weighted by atomic mass is 15.0. The average Bonchev–Trinajstić information content (AvgIpc) is 3.55. The first kappa shape index (κ1) is 31.5. The summed E-state index contributed by atoms with van der Waals surface area (Å²) < 4.78 is 5.12. The molecule has 264 valence electrons. The van der Waals surface area contributed by atoms with E-state index in [9.17, 15) is 0 Å². The standard InChI is InChI=1S/C54H38N2/c1-3-13-35(14-4-1)38-19-11-20-43(30-38)56-53-45(22-12-23-47(53)48-27-25-40-33-49(40)54(48)56)39-26-28-52-50(34-39)46-21-9-10-24-51(46)55(52)44-31-41(36-15-5-2-6-16-36)29-42(32-44)37-17-7-8-18-37/h1-7,10-20,22-32,34,40,49H,9,21,33H2. The lowest BCUT2D eigenvalue weighted by Gasteiger charge is -2.16. The highest BCUT2D eigenvalue weighted by Crippen LogP contribution is 2.56. The van der Waals surface area contributed by atoms with Crippen molar-refractivity contribution in [1.29, 1.82) is 0 Å². The van der Waals surface area contributed by atoms with Crippen molar-refractivity contribution in [2.75, 3.05) is 0 Å². The van der Waals surface area contributed by atoms with E-state index in [2.05, 4.69) is 191 Å². The third kappa shape index (κ3) is 4.90. The van der Waals surface area contributed by atoms with Crippen molar-refractivity contribution in [3.05, 3.63) is 204 Å². The number of rotatable bonds is 6. The Labute approximate surface area is 327 Å². The highest BCUT2D eigenvalue weighted by Gasteiger charge is 2.43. The zero-order valence-corrected chi connectivity index (χ0v) is 31.0. The monoisotopic (exact) mass is 714 g/mol. The predicted molar refractivity (Wildman–Crippen MR) is 234 cm³/mol. The van der Waals surface area contributed by atoms with E-state index in [0.29, 0.717) is 11.8 Å². The number of allylic oxidation sites excluding steroid dienone is 5. The van der Waals surface area contributed by atoms with Gasteiger partial charge in [-0.15, -0.1) is 5.73 Å². The third-order valence-corrected chi connectivity index (χ3v) is 12.5. The van der Waals surface area contributed by atoms with E-state index in [1.165, 1.54) is 107 Å². The van der Waals surface area contributed by atoms with Crippen LogP contribution in [0.5, 0.6) is 0 Å². The van der Waals surface area contributed by atoms with E-state index in [1.807, 2.05) is 6.08 Å². The summed E-state index contributed by atoms with van der Waals surface area (Å²) in [6.07, 6.45) is 19.1. The molecular formula is C54H38N2. The van der Waals surface area contributed by atoms with Gasteiger partial charge in [0.1, 0.15) is 0 Å². The molecule has 1 saturated carbocycles. The Hall–Kier alpha value is -6.86. The SMILES string of the molecule is C1=CC=C(c2cc(-c3ccccc3)cc(-n3c4c(c5cc(-c6cccc7c8c(n(-c9cccc(-c%10ccccc%10)c9)c67)C6CC6C=C8)ccc53)CCC=C4)c2)C=1. The van der Waals surface area contributed by atoms with Crippen LogP contribution in [0.2, 0.25) is 0 Å². The average molecular weight is 715 g/mol. The van der Waals surface area contributed by atoms with Gasteiger partial charge in [0.15, 0.2) is 0 Å². The molecular weight excluding hydrogens is 677 g/mol. The molecule has 2 unspecified atom stereocenters. The van der Waals surface area contributed by atoms with E-state index in [-0.39, 0.29) is 0 Å². The molecule has 4 aliphatic rings. The number of hydrogen-bond donors (Lipinski definition) is 0. The van der Waals surface area contributed by atoms with Crippen molar-refractivity contribution in [2.24, 2.45) is 5.92 Å². The maximum atomic E-state index is 3.28. The van der Waals surface area contributed by atoms with Gasteiger partial charge in [-0.3, -0.25) is 0 Å². The van der Waals surface area contributed by atoms with Crippen LogP contribution in [0, 0.1) is 5.92 Å². The Morgan fingerprint density at radius 2 is 1.38 bits per heavy atom. The lowest BCUT2D eigenvalue weighted by molar-refractivity contribution is 0.896. The molecule has 1 fully saturated rings. The van der Waals surface area contributed by atoms with Gasteiger partial charge in [0, 0.05) is 50.6 Å². The maximum absolute atomic E-state index is 3.28. The van der Waals surface area contributed by atoms with Gasteiger partial charge in [0.2, 0.25) is 0 Å². The number of benzene rings is 6. The minimum absolute atomic E-state index is 0.564. The van der Waals surface area contributed by atoms with Crippen molar-refractivity contribution in [2.45, 2.75) is 25.2 Å². The predicted octanol–water partition coefficient (Wildman–Crippen LogP) is 13.8. The molecule has 6 aromatic carbocycles. The second-order valence-electron chi connectivity index (χ2n) is 15.7. The first-order valence-corrected chi connectivity index (χ1v) is 20.0. The molecule has 2 nitrogen and oxygen atoms in total. The summed E-state index contributed by atoms with van der Waals surface area (Å²) >= 11 is 0. The van der Waals surface area contributed by atoms with Crippen LogP contribution < -0.4 is 0 Å². The summed E-state index contributed by atoms with van der Waals surface area (Å²) in [5, 5.41) is 2.67.